The Labute approximate surface area is 139 Å². The number of halogens is 3. The zero-order valence-corrected chi connectivity index (χ0v) is 15.2. The highest BCUT2D eigenvalue weighted by Gasteiger charge is 2.58. The van der Waals surface area contributed by atoms with Gasteiger partial charge in [-0.05, 0) is 11.6 Å². The Hall–Kier alpha value is -1.05. The number of fused-ring (bicyclic) bond motifs is 1. The van der Waals surface area contributed by atoms with Crippen LogP contribution >= 0.6 is 11.6 Å². The third-order valence-electron chi connectivity index (χ3n) is 4.06. The van der Waals surface area contributed by atoms with Gasteiger partial charge in [-0.3, -0.25) is 0 Å². The highest BCUT2D eigenvalue weighted by molar-refractivity contribution is 6.76. The predicted octanol–water partition coefficient (Wildman–Crippen LogP) is 4.52. The van der Waals surface area contributed by atoms with Crippen molar-refractivity contribution < 1.29 is 13.5 Å². The molecule has 1 fully saturated rings. The highest BCUT2D eigenvalue weighted by atomic mass is 35.5. The molecule has 1 saturated carbocycles. The first-order valence-corrected chi connectivity index (χ1v) is 11.7. The Bertz CT molecular complexity index is 729. The molecule has 1 aliphatic carbocycles. The Morgan fingerprint density at radius 3 is 2.70 bits per heavy atom. The lowest BCUT2D eigenvalue weighted by Crippen LogP contribution is -2.22. The molecule has 1 aliphatic rings. The lowest BCUT2D eigenvalue weighted by atomic mass is 10.1. The van der Waals surface area contributed by atoms with Crippen molar-refractivity contribution in [2.45, 2.75) is 50.7 Å². The molecule has 0 amide bonds. The Balaban J connectivity index is 1.82. The summed E-state index contributed by atoms with van der Waals surface area (Å²) in [5.74, 6) is -3.45. The van der Waals surface area contributed by atoms with Crippen LogP contribution in [0.2, 0.25) is 30.8 Å². The summed E-state index contributed by atoms with van der Waals surface area (Å²) in [5.41, 5.74) is 1.07. The van der Waals surface area contributed by atoms with Crippen LogP contribution in [-0.4, -0.2) is 35.1 Å². The van der Waals surface area contributed by atoms with Gasteiger partial charge in [0, 0.05) is 27.3 Å². The van der Waals surface area contributed by atoms with Gasteiger partial charge in [-0.1, -0.05) is 31.2 Å². The van der Waals surface area contributed by atoms with E-state index in [2.05, 4.69) is 29.6 Å². The number of hydrogen-bond donors (Lipinski definition) is 0. The van der Waals surface area contributed by atoms with Crippen molar-refractivity contribution >= 4 is 30.7 Å². The van der Waals surface area contributed by atoms with Crippen LogP contribution < -0.4 is 0 Å². The molecule has 8 heteroatoms. The van der Waals surface area contributed by atoms with Crippen molar-refractivity contribution in [2.24, 2.45) is 0 Å². The zero-order chi connectivity index (χ0) is 16.8. The average molecular weight is 360 g/mol. The number of ether oxygens (including phenoxy) is 1. The Morgan fingerprint density at radius 2 is 2.09 bits per heavy atom. The van der Waals surface area contributed by atoms with Crippen LogP contribution in [0.15, 0.2) is 12.5 Å². The number of nitrogens with zero attached hydrogens (tertiary/aromatic N) is 3. The number of alkyl halides is 2. The quantitative estimate of drug-likeness (QED) is 0.432. The monoisotopic (exact) mass is 359 g/mol. The maximum Gasteiger partial charge on any atom is 0.256 e. The van der Waals surface area contributed by atoms with E-state index in [4.69, 9.17) is 16.3 Å². The fourth-order valence-corrected chi connectivity index (χ4v) is 3.56. The standard InChI is InChI=1S/C15H20ClF2N3OSi/c1-23(2,3)5-4-22-9-21-7-10(11-6-15(11,17)18)12-13(16)19-8-20-14(12)21/h7-8,11H,4-6,9H2,1-3H3. The maximum absolute atomic E-state index is 13.5. The van der Waals surface area contributed by atoms with Gasteiger partial charge in [0.25, 0.3) is 5.92 Å². The summed E-state index contributed by atoms with van der Waals surface area (Å²) in [4.78, 5) is 8.13. The molecule has 2 aromatic heterocycles. The molecule has 3 rings (SSSR count). The lowest BCUT2D eigenvalue weighted by molar-refractivity contribution is 0.0894. The Kier molecular flexibility index (Phi) is 4.23. The van der Waals surface area contributed by atoms with Crippen molar-refractivity contribution in [1.82, 2.24) is 14.5 Å². The molecule has 2 heterocycles. The zero-order valence-electron chi connectivity index (χ0n) is 13.4. The van der Waals surface area contributed by atoms with E-state index in [0.29, 0.717) is 23.2 Å². The number of hydrogen-bond acceptors (Lipinski definition) is 3. The highest BCUT2D eigenvalue weighted by Crippen LogP contribution is 2.57. The smallest absolute Gasteiger partial charge is 0.256 e. The Morgan fingerprint density at radius 1 is 1.39 bits per heavy atom. The summed E-state index contributed by atoms with van der Waals surface area (Å²) in [6.07, 6.45) is 2.89. The van der Waals surface area contributed by atoms with Crippen molar-refractivity contribution in [2.75, 3.05) is 6.61 Å². The van der Waals surface area contributed by atoms with E-state index in [9.17, 15) is 8.78 Å². The van der Waals surface area contributed by atoms with Gasteiger partial charge in [-0.2, -0.15) is 0 Å². The van der Waals surface area contributed by atoms with Crippen LogP contribution in [0.25, 0.3) is 11.0 Å². The average Bonchev–Trinajstić information content (AvgIpc) is 2.91. The third-order valence-corrected chi connectivity index (χ3v) is 6.06. The van der Waals surface area contributed by atoms with Crippen LogP contribution in [0, 0.1) is 0 Å². The third kappa shape index (κ3) is 3.56. The molecule has 0 radical (unpaired) electrons. The summed E-state index contributed by atoms with van der Waals surface area (Å²) >= 11 is 6.12. The van der Waals surface area contributed by atoms with Crippen LogP contribution in [0.1, 0.15) is 17.9 Å². The predicted molar refractivity (Wildman–Crippen MR) is 88.9 cm³/mol. The van der Waals surface area contributed by atoms with Gasteiger partial charge in [0.05, 0.1) is 11.3 Å². The molecule has 0 saturated heterocycles. The second-order valence-corrected chi connectivity index (χ2v) is 13.3. The molecule has 126 valence electrons. The lowest BCUT2D eigenvalue weighted by Gasteiger charge is -2.15. The van der Waals surface area contributed by atoms with Crippen molar-refractivity contribution in [1.29, 1.82) is 0 Å². The fourth-order valence-electron chi connectivity index (χ4n) is 2.57. The number of rotatable bonds is 6. The van der Waals surface area contributed by atoms with Gasteiger partial charge in [-0.15, -0.1) is 0 Å². The summed E-state index contributed by atoms with van der Waals surface area (Å²) in [6.45, 7) is 7.78. The van der Waals surface area contributed by atoms with Gasteiger partial charge in [0.2, 0.25) is 0 Å². The molecule has 0 spiro atoms. The minimum absolute atomic E-state index is 0.145. The normalized spacial score (nSPS) is 20.2. The molecule has 0 N–H and O–H groups in total. The van der Waals surface area contributed by atoms with Crippen LogP contribution in [0.4, 0.5) is 8.78 Å². The van der Waals surface area contributed by atoms with E-state index in [1.165, 1.54) is 6.33 Å². The topological polar surface area (TPSA) is 39.9 Å². The second kappa shape index (κ2) is 5.79. The minimum atomic E-state index is -2.66. The SMILES string of the molecule is C[Si](C)(C)CCOCn1cc(C2CC2(F)F)c2c(Cl)ncnc21. The molecule has 23 heavy (non-hydrogen) atoms. The van der Waals surface area contributed by atoms with Gasteiger partial charge >= 0.3 is 0 Å². The van der Waals surface area contributed by atoms with E-state index in [-0.39, 0.29) is 18.3 Å². The fraction of sp³-hybridized carbons (Fsp3) is 0.600. The summed E-state index contributed by atoms with van der Waals surface area (Å²) in [7, 11) is -1.16. The van der Waals surface area contributed by atoms with Gasteiger partial charge in [0.15, 0.2) is 0 Å². The van der Waals surface area contributed by atoms with Crippen molar-refractivity contribution in [3.8, 4) is 0 Å². The van der Waals surface area contributed by atoms with E-state index in [1.807, 2.05) is 0 Å². The van der Waals surface area contributed by atoms with Crippen LogP contribution in [-0.2, 0) is 11.5 Å². The second-order valence-electron chi connectivity index (χ2n) is 7.28. The molecule has 1 atom stereocenters. The van der Waals surface area contributed by atoms with E-state index in [1.54, 1.807) is 10.8 Å². The first kappa shape index (κ1) is 16.8. The largest absolute Gasteiger partial charge is 0.361 e. The summed E-state index contributed by atoms with van der Waals surface area (Å²) in [6, 6.07) is 1.05. The molecule has 0 aromatic carbocycles. The summed E-state index contributed by atoms with van der Waals surface area (Å²) < 4.78 is 34.4. The van der Waals surface area contributed by atoms with Crippen LogP contribution in [0.5, 0.6) is 0 Å². The van der Waals surface area contributed by atoms with E-state index >= 15 is 0 Å². The molecular weight excluding hydrogens is 340 g/mol. The maximum atomic E-state index is 13.5. The molecule has 2 aromatic rings. The number of aromatic nitrogens is 3. The van der Waals surface area contributed by atoms with Gasteiger partial charge in [-0.25, -0.2) is 18.7 Å². The van der Waals surface area contributed by atoms with Crippen molar-refractivity contribution in [3.63, 3.8) is 0 Å². The molecule has 0 bridgehead atoms. The van der Waals surface area contributed by atoms with E-state index in [0.717, 1.165) is 6.04 Å². The van der Waals surface area contributed by atoms with E-state index < -0.39 is 19.9 Å². The van der Waals surface area contributed by atoms with Crippen LogP contribution in [0.3, 0.4) is 0 Å². The molecular formula is C15H20ClF2N3OSi. The minimum Gasteiger partial charge on any atom is -0.361 e. The van der Waals surface area contributed by atoms with Gasteiger partial charge < -0.3 is 9.30 Å². The summed E-state index contributed by atoms with van der Waals surface area (Å²) in [5, 5.41) is 0.735. The van der Waals surface area contributed by atoms with Crippen molar-refractivity contribution in [3.05, 3.63) is 23.2 Å². The van der Waals surface area contributed by atoms with Gasteiger partial charge in [0.1, 0.15) is 23.9 Å². The first-order valence-electron chi connectivity index (χ1n) is 7.64. The molecule has 1 unspecified atom stereocenters. The molecule has 4 nitrogen and oxygen atoms in total. The molecule has 0 aliphatic heterocycles. The first-order chi connectivity index (χ1) is 10.7.